The van der Waals surface area contributed by atoms with Crippen LogP contribution < -0.4 is 14.2 Å². The number of ether oxygens (including phenoxy) is 3. The summed E-state index contributed by atoms with van der Waals surface area (Å²) in [4.78, 5) is 25.4. The van der Waals surface area contributed by atoms with Gasteiger partial charge in [-0.05, 0) is 24.3 Å². The average molecular weight is 339 g/mol. The number of carbonyl (C=O) groups is 2. The van der Waals surface area contributed by atoms with E-state index in [0.717, 1.165) is 5.56 Å². The third-order valence-corrected chi connectivity index (χ3v) is 3.64. The van der Waals surface area contributed by atoms with Crippen LogP contribution in [0.4, 0.5) is 4.79 Å². The lowest BCUT2D eigenvalue weighted by atomic mass is 10.1. The lowest BCUT2D eigenvalue weighted by Gasteiger charge is -2.10. The largest absolute Gasteiger partial charge is 0.496 e. The summed E-state index contributed by atoms with van der Waals surface area (Å²) >= 11 is 0. The molecule has 128 valence electrons. The summed E-state index contributed by atoms with van der Waals surface area (Å²) in [6.45, 7) is 0. The number of rotatable bonds is 3. The molecule has 0 bridgehead atoms. The number of Topliss-reactive ketones (excluding diaryl/α,β-unsaturated/α-hetero) is 1. The minimum Gasteiger partial charge on any atom is -0.496 e. The highest BCUT2D eigenvalue weighted by Crippen LogP contribution is 2.35. The van der Waals surface area contributed by atoms with Crippen LogP contribution in [-0.2, 0) is 0 Å². The maximum absolute atomic E-state index is 12.5. The number of allylic oxidation sites excluding steroid dienone is 1. The Kier molecular flexibility index (Phi) is 4.43. The quantitative estimate of drug-likeness (QED) is 0.802. The maximum atomic E-state index is 12.5. The van der Waals surface area contributed by atoms with Gasteiger partial charge in [-0.1, -0.05) is 18.2 Å². The van der Waals surface area contributed by atoms with Gasteiger partial charge in [0.15, 0.2) is 5.76 Å². The summed E-state index contributed by atoms with van der Waals surface area (Å²) < 4.78 is 16.1. The van der Waals surface area contributed by atoms with Crippen molar-refractivity contribution in [2.45, 2.75) is 0 Å². The highest BCUT2D eigenvalue weighted by molar-refractivity contribution is 6.14. The van der Waals surface area contributed by atoms with Gasteiger partial charge in [0.25, 0.3) is 0 Å². The molecule has 2 aromatic rings. The van der Waals surface area contributed by atoms with E-state index in [0.29, 0.717) is 22.8 Å². The van der Waals surface area contributed by atoms with Gasteiger partial charge in [0.1, 0.15) is 17.2 Å². The van der Waals surface area contributed by atoms with Crippen molar-refractivity contribution >= 4 is 18.0 Å². The number of carbonyl (C=O) groups excluding carboxylic acids is 2. The molecule has 6 heteroatoms. The van der Waals surface area contributed by atoms with Crippen LogP contribution in [0.25, 0.3) is 6.08 Å². The number of hydrogen-bond acceptors (Lipinski definition) is 5. The summed E-state index contributed by atoms with van der Waals surface area (Å²) in [6, 6.07) is 12.0. The lowest BCUT2D eigenvalue weighted by Crippen LogP contribution is -2.25. The minimum absolute atomic E-state index is 0.190. The molecule has 1 heterocycles. The van der Waals surface area contributed by atoms with E-state index in [9.17, 15) is 9.59 Å². The number of ketones is 1. The standard InChI is InChI=1S/C19H17NO5/c1-20(2)19(22)24-13-8-9-14-16(11-13)25-17(18(14)21)10-12-6-4-5-7-15(12)23-3/h4-11H,1-3H3/b17-10-. The Morgan fingerprint density at radius 3 is 2.64 bits per heavy atom. The normalized spacial score (nSPS) is 14.0. The molecule has 0 saturated heterocycles. The van der Waals surface area contributed by atoms with Crippen molar-refractivity contribution in [2.24, 2.45) is 0 Å². The summed E-state index contributed by atoms with van der Waals surface area (Å²) in [6.07, 6.45) is 1.13. The van der Waals surface area contributed by atoms with E-state index in [-0.39, 0.29) is 11.5 Å². The second-order valence-corrected chi connectivity index (χ2v) is 5.60. The predicted molar refractivity (Wildman–Crippen MR) is 92.1 cm³/mol. The molecule has 25 heavy (non-hydrogen) atoms. The van der Waals surface area contributed by atoms with E-state index in [1.807, 2.05) is 18.2 Å². The van der Waals surface area contributed by atoms with Crippen molar-refractivity contribution in [1.29, 1.82) is 0 Å². The molecule has 0 aliphatic carbocycles. The van der Waals surface area contributed by atoms with Crippen LogP contribution in [-0.4, -0.2) is 38.0 Å². The second-order valence-electron chi connectivity index (χ2n) is 5.60. The van der Waals surface area contributed by atoms with Gasteiger partial charge in [-0.25, -0.2) is 4.79 Å². The maximum Gasteiger partial charge on any atom is 0.414 e. The van der Waals surface area contributed by atoms with E-state index in [1.54, 1.807) is 45.5 Å². The van der Waals surface area contributed by atoms with Crippen LogP contribution in [0.3, 0.4) is 0 Å². The summed E-state index contributed by atoms with van der Waals surface area (Å²) in [5.41, 5.74) is 1.16. The zero-order valence-corrected chi connectivity index (χ0v) is 14.1. The van der Waals surface area contributed by atoms with E-state index >= 15 is 0 Å². The summed E-state index contributed by atoms with van der Waals surface area (Å²) in [5, 5.41) is 0. The summed E-state index contributed by atoms with van der Waals surface area (Å²) in [5.74, 6) is 1.27. The Morgan fingerprint density at radius 2 is 1.92 bits per heavy atom. The van der Waals surface area contributed by atoms with Crippen molar-refractivity contribution in [2.75, 3.05) is 21.2 Å². The van der Waals surface area contributed by atoms with Gasteiger partial charge in [0.2, 0.25) is 5.78 Å². The van der Waals surface area contributed by atoms with Crippen LogP contribution in [0, 0.1) is 0 Å². The number of benzene rings is 2. The number of amides is 1. The fraction of sp³-hybridized carbons (Fsp3) is 0.158. The molecule has 0 N–H and O–H groups in total. The van der Waals surface area contributed by atoms with Crippen molar-refractivity contribution in [1.82, 2.24) is 4.90 Å². The molecular formula is C19H17NO5. The molecule has 0 aromatic heterocycles. The highest BCUT2D eigenvalue weighted by atomic mass is 16.6. The van der Waals surface area contributed by atoms with Gasteiger partial charge in [0.05, 0.1) is 12.7 Å². The van der Waals surface area contributed by atoms with E-state index < -0.39 is 6.09 Å². The Balaban J connectivity index is 1.88. The molecule has 3 rings (SSSR count). The monoisotopic (exact) mass is 339 g/mol. The third-order valence-electron chi connectivity index (χ3n) is 3.64. The van der Waals surface area contributed by atoms with Gasteiger partial charge < -0.3 is 19.1 Å². The minimum atomic E-state index is -0.505. The molecule has 0 spiro atoms. The van der Waals surface area contributed by atoms with Crippen molar-refractivity contribution in [3.8, 4) is 17.2 Å². The van der Waals surface area contributed by atoms with E-state index in [2.05, 4.69) is 0 Å². The van der Waals surface area contributed by atoms with Crippen LogP contribution in [0.1, 0.15) is 15.9 Å². The molecule has 1 aliphatic rings. The molecule has 1 aliphatic heterocycles. The topological polar surface area (TPSA) is 65.1 Å². The number of hydrogen-bond donors (Lipinski definition) is 0. The van der Waals surface area contributed by atoms with Crippen LogP contribution >= 0.6 is 0 Å². The van der Waals surface area contributed by atoms with Crippen molar-refractivity contribution in [3.63, 3.8) is 0 Å². The molecular weight excluding hydrogens is 322 g/mol. The molecule has 6 nitrogen and oxygen atoms in total. The smallest absolute Gasteiger partial charge is 0.414 e. The van der Waals surface area contributed by atoms with Gasteiger partial charge >= 0.3 is 6.09 Å². The van der Waals surface area contributed by atoms with Gasteiger partial charge in [0, 0.05) is 25.7 Å². The Bertz CT molecular complexity index is 870. The first-order valence-corrected chi connectivity index (χ1v) is 7.60. The molecule has 2 aromatic carbocycles. The number of nitrogens with zero attached hydrogens (tertiary/aromatic N) is 1. The second kappa shape index (κ2) is 6.68. The van der Waals surface area contributed by atoms with Crippen LogP contribution in [0.2, 0.25) is 0 Å². The number of para-hydroxylation sites is 1. The van der Waals surface area contributed by atoms with Crippen molar-refractivity contribution in [3.05, 3.63) is 59.4 Å². The molecule has 0 atom stereocenters. The zero-order chi connectivity index (χ0) is 18.0. The van der Waals surface area contributed by atoms with E-state index in [1.165, 1.54) is 11.0 Å². The number of methoxy groups -OCH3 is 1. The molecule has 0 fully saturated rings. The first kappa shape index (κ1) is 16.6. The summed E-state index contributed by atoms with van der Waals surface area (Å²) in [7, 11) is 4.74. The van der Waals surface area contributed by atoms with Crippen molar-refractivity contribution < 1.29 is 23.8 Å². The Morgan fingerprint density at radius 1 is 1.16 bits per heavy atom. The fourth-order valence-corrected chi connectivity index (χ4v) is 2.35. The molecule has 1 amide bonds. The fourth-order valence-electron chi connectivity index (χ4n) is 2.35. The lowest BCUT2D eigenvalue weighted by molar-refractivity contribution is 0.101. The molecule has 0 unspecified atom stereocenters. The van der Waals surface area contributed by atoms with Gasteiger partial charge in [-0.15, -0.1) is 0 Å². The van der Waals surface area contributed by atoms with E-state index in [4.69, 9.17) is 14.2 Å². The van der Waals surface area contributed by atoms with Gasteiger partial charge in [-0.2, -0.15) is 0 Å². The predicted octanol–water partition coefficient (Wildman–Crippen LogP) is 3.37. The first-order valence-electron chi connectivity index (χ1n) is 7.60. The first-order chi connectivity index (χ1) is 12.0. The average Bonchev–Trinajstić information content (AvgIpc) is 2.90. The zero-order valence-electron chi connectivity index (χ0n) is 14.1. The molecule has 0 saturated carbocycles. The Hall–Kier alpha value is -3.28. The highest BCUT2D eigenvalue weighted by Gasteiger charge is 2.28. The van der Waals surface area contributed by atoms with Crippen LogP contribution in [0.15, 0.2) is 48.2 Å². The van der Waals surface area contributed by atoms with Crippen LogP contribution in [0.5, 0.6) is 17.2 Å². The number of fused-ring (bicyclic) bond motifs is 1. The molecule has 0 radical (unpaired) electrons. The van der Waals surface area contributed by atoms with Gasteiger partial charge in [-0.3, -0.25) is 4.79 Å². The Labute approximate surface area is 145 Å². The third kappa shape index (κ3) is 3.33. The SMILES string of the molecule is COc1ccccc1/C=C1\Oc2cc(OC(=O)N(C)C)ccc2C1=O.